The minimum absolute atomic E-state index is 0.715. The molecule has 4 unspecified atom stereocenters. The Morgan fingerprint density at radius 2 is 1.95 bits per heavy atom. The number of nitrogens with one attached hydrogen (secondary N) is 1. The van der Waals surface area contributed by atoms with E-state index in [-0.39, 0.29) is 0 Å². The van der Waals surface area contributed by atoms with Crippen LogP contribution in [0.3, 0.4) is 0 Å². The highest BCUT2D eigenvalue weighted by Crippen LogP contribution is 2.30. The van der Waals surface area contributed by atoms with Gasteiger partial charge in [0.25, 0.3) is 0 Å². The minimum Gasteiger partial charge on any atom is -0.313 e. The van der Waals surface area contributed by atoms with Crippen LogP contribution < -0.4 is 5.32 Å². The van der Waals surface area contributed by atoms with Gasteiger partial charge in [0, 0.05) is 25.2 Å². The molecule has 0 amide bonds. The second-order valence-corrected chi connectivity index (χ2v) is 7.18. The van der Waals surface area contributed by atoms with Crippen LogP contribution in [-0.4, -0.2) is 62.2 Å². The van der Waals surface area contributed by atoms with Crippen LogP contribution in [0.4, 0.5) is 0 Å². The lowest BCUT2D eigenvalue weighted by Crippen LogP contribution is -2.53. The van der Waals surface area contributed by atoms with Crippen LogP contribution in [-0.2, 0) is 0 Å². The third-order valence-corrected chi connectivity index (χ3v) is 5.57. The molecule has 0 aromatic rings. The van der Waals surface area contributed by atoms with Crippen molar-refractivity contribution in [1.29, 1.82) is 0 Å². The number of likely N-dealkylation sites (N-methyl/N-ethyl adjacent to an activating group) is 2. The van der Waals surface area contributed by atoms with Crippen LogP contribution in [0, 0.1) is 11.8 Å². The Morgan fingerprint density at radius 1 is 1.15 bits per heavy atom. The molecule has 1 saturated heterocycles. The van der Waals surface area contributed by atoms with E-state index in [0.29, 0.717) is 6.04 Å². The van der Waals surface area contributed by atoms with Crippen LogP contribution in [0.2, 0.25) is 0 Å². The summed E-state index contributed by atoms with van der Waals surface area (Å²) in [6.07, 6.45) is 6.93. The molecule has 3 heteroatoms. The first-order chi connectivity index (χ1) is 9.63. The molecule has 0 bridgehead atoms. The van der Waals surface area contributed by atoms with Gasteiger partial charge < -0.3 is 15.1 Å². The largest absolute Gasteiger partial charge is 0.313 e. The summed E-state index contributed by atoms with van der Waals surface area (Å²) in [7, 11) is 4.63. The highest BCUT2D eigenvalue weighted by atomic mass is 15.2. The van der Waals surface area contributed by atoms with Gasteiger partial charge in [-0.3, -0.25) is 0 Å². The maximum atomic E-state index is 3.74. The molecule has 2 fully saturated rings. The van der Waals surface area contributed by atoms with Crippen LogP contribution in [0.1, 0.15) is 46.0 Å². The second kappa shape index (κ2) is 7.77. The van der Waals surface area contributed by atoms with E-state index in [1.165, 1.54) is 51.7 Å². The maximum Gasteiger partial charge on any atom is 0.0249 e. The Labute approximate surface area is 126 Å². The molecule has 20 heavy (non-hydrogen) atoms. The van der Waals surface area contributed by atoms with E-state index >= 15 is 0 Å². The van der Waals surface area contributed by atoms with Gasteiger partial charge in [0.2, 0.25) is 0 Å². The standard InChI is InChI=1S/C17H35N3/c1-5-14-7-8-16(18-6-2)17(11-14)20(4)13-15-9-10-19(3)12-15/h14-18H,5-13H2,1-4H3. The predicted molar refractivity (Wildman–Crippen MR) is 87.1 cm³/mol. The van der Waals surface area contributed by atoms with Gasteiger partial charge in [-0.15, -0.1) is 0 Å². The Bertz CT molecular complexity index is 281. The number of nitrogens with zero attached hydrogens (tertiary/aromatic N) is 2. The van der Waals surface area contributed by atoms with Gasteiger partial charge in [-0.1, -0.05) is 20.3 Å². The Morgan fingerprint density at radius 3 is 2.55 bits per heavy atom. The molecule has 0 aromatic carbocycles. The molecule has 1 aliphatic carbocycles. The minimum atomic E-state index is 0.715. The van der Waals surface area contributed by atoms with Gasteiger partial charge in [0.05, 0.1) is 0 Å². The Balaban J connectivity index is 1.90. The van der Waals surface area contributed by atoms with E-state index in [9.17, 15) is 0 Å². The molecule has 4 atom stereocenters. The monoisotopic (exact) mass is 281 g/mol. The molecule has 3 nitrogen and oxygen atoms in total. The van der Waals surface area contributed by atoms with E-state index in [0.717, 1.165) is 24.4 Å². The van der Waals surface area contributed by atoms with Crippen LogP contribution in [0.5, 0.6) is 0 Å². The van der Waals surface area contributed by atoms with E-state index in [2.05, 4.69) is 43.1 Å². The van der Waals surface area contributed by atoms with Crippen molar-refractivity contribution in [2.45, 2.75) is 58.0 Å². The van der Waals surface area contributed by atoms with Crippen molar-refractivity contribution in [3.05, 3.63) is 0 Å². The zero-order valence-electron chi connectivity index (χ0n) is 14.1. The SMILES string of the molecule is CCNC1CCC(CC)CC1N(C)CC1CCN(C)C1. The molecule has 1 N–H and O–H groups in total. The molecule has 0 aromatic heterocycles. The predicted octanol–water partition coefficient (Wildman–Crippen LogP) is 2.43. The molecule has 118 valence electrons. The molecule has 2 aliphatic rings. The normalized spacial score (nSPS) is 35.9. The summed E-state index contributed by atoms with van der Waals surface area (Å²) in [5.74, 6) is 1.83. The number of hydrogen-bond acceptors (Lipinski definition) is 3. The van der Waals surface area contributed by atoms with Gasteiger partial charge in [0.1, 0.15) is 0 Å². The second-order valence-electron chi connectivity index (χ2n) is 7.18. The average molecular weight is 281 g/mol. The smallest absolute Gasteiger partial charge is 0.0249 e. The zero-order chi connectivity index (χ0) is 14.5. The van der Waals surface area contributed by atoms with Crippen LogP contribution in [0.25, 0.3) is 0 Å². The van der Waals surface area contributed by atoms with Gasteiger partial charge in [-0.2, -0.15) is 0 Å². The summed E-state index contributed by atoms with van der Waals surface area (Å²) < 4.78 is 0. The highest BCUT2D eigenvalue weighted by Gasteiger charge is 2.33. The number of rotatable bonds is 6. The molecule has 2 rings (SSSR count). The maximum absolute atomic E-state index is 3.74. The fourth-order valence-electron chi connectivity index (χ4n) is 4.31. The molecule has 1 saturated carbocycles. The molecule has 1 aliphatic heterocycles. The quantitative estimate of drug-likeness (QED) is 0.807. The van der Waals surface area contributed by atoms with E-state index in [1.807, 2.05) is 0 Å². The van der Waals surface area contributed by atoms with Crippen molar-refractivity contribution in [1.82, 2.24) is 15.1 Å². The topological polar surface area (TPSA) is 18.5 Å². The average Bonchev–Trinajstić information content (AvgIpc) is 2.84. The van der Waals surface area contributed by atoms with Crippen molar-refractivity contribution in [2.24, 2.45) is 11.8 Å². The lowest BCUT2D eigenvalue weighted by Gasteiger charge is -2.42. The van der Waals surface area contributed by atoms with Crippen molar-refractivity contribution in [2.75, 3.05) is 40.3 Å². The number of hydrogen-bond donors (Lipinski definition) is 1. The Kier molecular flexibility index (Phi) is 6.31. The fourth-order valence-corrected chi connectivity index (χ4v) is 4.31. The van der Waals surface area contributed by atoms with E-state index in [4.69, 9.17) is 0 Å². The highest BCUT2D eigenvalue weighted by molar-refractivity contribution is 4.91. The lowest BCUT2D eigenvalue weighted by molar-refractivity contribution is 0.105. The van der Waals surface area contributed by atoms with Gasteiger partial charge in [-0.25, -0.2) is 0 Å². The number of likely N-dealkylation sites (tertiary alicyclic amines) is 1. The molecule has 0 radical (unpaired) electrons. The van der Waals surface area contributed by atoms with E-state index < -0.39 is 0 Å². The molecular weight excluding hydrogens is 246 g/mol. The van der Waals surface area contributed by atoms with Gasteiger partial charge >= 0.3 is 0 Å². The first-order valence-electron chi connectivity index (χ1n) is 8.76. The summed E-state index contributed by atoms with van der Waals surface area (Å²) >= 11 is 0. The summed E-state index contributed by atoms with van der Waals surface area (Å²) in [6.45, 7) is 9.58. The molecular formula is C17H35N3. The van der Waals surface area contributed by atoms with Crippen LogP contribution in [0.15, 0.2) is 0 Å². The summed E-state index contributed by atoms with van der Waals surface area (Å²) in [5.41, 5.74) is 0. The van der Waals surface area contributed by atoms with Crippen molar-refractivity contribution in [3.63, 3.8) is 0 Å². The zero-order valence-corrected chi connectivity index (χ0v) is 14.1. The van der Waals surface area contributed by atoms with E-state index in [1.54, 1.807) is 0 Å². The van der Waals surface area contributed by atoms with Crippen molar-refractivity contribution < 1.29 is 0 Å². The summed E-state index contributed by atoms with van der Waals surface area (Å²) in [5, 5.41) is 3.74. The first kappa shape index (κ1) is 16.3. The Hall–Kier alpha value is -0.120. The lowest BCUT2D eigenvalue weighted by atomic mass is 9.80. The van der Waals surface area contributed by atoms with Crippen molar-refractivity contribution >= 4 is 0 Å². The molecule has 1 heterocycles. The van der Waals surface area contributed by atoms with Crippen LogP contribution >= 0.6 is 0 Å². The van der Waals surface area contributed by atoms with Gasteiger partial charge in [0.15, 0.2) is 0 Å². The summed E-state index contributed by atoms with van der Waals surface area (Å²) in [6, 6.07) is 1.46. The summed E-state index contributed by atoms with van der Waals surface area (Å²) in [4.78, 5) is 5.16. The van der Waals surface area contributed by atoms with Crippen molar-refractivity contribution in [3.8, 4) is 0 Å². The third-order valence-electron chi connectivity index (χ3n) is 5.57. The third kappa shape index (κ3) is 4.19. The molecule has 0 spiro atoms. The first-order valence-corrected chi connectivity index (χ1v) is 8.76. The fraction of sp³-hybridized carbons (Fsp3) is 1.00. The van der Waals surface area contributed by atoms with Gasteiger partial charge in [-0.05, 0) is 64.7 Å².